The molecule has 7 heteroatoms. The summed E-state index contributed by atoms with van der Waals surface area (Å²) in [6.45, 7) is 0. The van der Waals surface area contributed by atoms with E-state index in [1.807, 2.05) is 0 Å². The molecule has 0 saturated carbocycles. The van der Waals surface area contributed by atoms with Gasteiger partial charge in [-0.15, -0.1) is 0 Å². The standard InChI is InChI=1S/C16H8BrClF2N2O/c17-16-12(8-23)15(11-5-2-6-13(19)14(11)20)21-22(16)10-4-1-3-9(18)7-10/h1-8H. The van der Waals surface area contributed by atoms with Crippen LogP contribution in [0.2, 0.25) is 5.02 Å². The third kappa shape index (κ3) is 2.80. The Morgan fingerprint density at radius 1 is 1.17 bits per heavy atom. The topological polar surface area (TPSA) is 34.9 Å². The Hall–Kier alpha value is -2.05. The Labute approximate surface area is 143 Å². The van der Waals surface area contributed by atoms with Crippen LogP contribution in [0.25, 0.3) is 16.9 Å². The fourth-order valence-electron chi connectivity index (χ4n) is 2.18. The lowest BCUT2D eigenvalue weighted by Crippen LogP contribution is -1.97. The number of hydrogen-bond acceptors (Lipinski definition) is 2. The largest absolute Gasteiger partial charge is 0.298 e. The Bertz CT molecular complexity index is 911. The van der Waals surface area contributed by atoms with Crippen molar-refractivity contribution in [1.29, 1.82) is 0 Å². The smallest absolute Gasteiger partial charge is 0.168 e. The van der Waals surface area contributed by atoms with Gasteiger partial charge in [0.05, 0.1) is 11.3 Å². The molecule has 3 nitrogen and oxygen atoms in total. The summed E-state index contributed by atoms with van der Waals surface area (Å²) < 4.78 is 29.2. The molecule has 23 heavy (non-hydrogen) atoms. The van der Waals surface area contributed by atoms with Gasteiger partial charge < -0.3 is 0 Å². The van der Waals surface area contributed by atoms with E-state index in [2.05, 4.69) is 21.0 Å². The molecular weight excluding hydrogens is 390 g/mol. The number of carbonyl (C=O) groups excluding carboxylic acids is 1. The van der Waals surface area contributed by atoms with Gasteiger partial charge in [-0.25, -0.2) is 13.5 Å². The molecular formula is C16H8BrClF2N2O. The van der Waals surface area contributed by atoms with Crippen molar-refractivity contribution >= 4 is 33.8 Å². The predicted octanol–water partition coefficient (Wildman–Crippen LogP) is 5.05. The molecule has 0 saturated heterocycles. The second kappa shape index (κ2) is 6.22. The second-order valence-corrected chi connectivity index (χ2v) is 5.85. The van der Waals surface area contributed by atoms with Crippen molar-refractivity contribution in [3.05, 3.63) is 69.3 Å². The number of carbonyl (C=O) groups is 1. The van der Waals surface area contributed by atoms with Gasteiger partial charge in [-0.3, -0.25) is 4.79 Å². The molecule has 3 aromatic rings. The van der Waals surface area contributed by atoms with E-state index >= 15 is 0 Å². The van der Waals surface area contributed by atoms with Crippen LogP contribution < -0.4 is 0 Å². The lowest BCUT2D eigenvalue weighted by atomic mass is 10.1. The van der Waals surface area contributed by atoms with Crippen molar-refractivity contribution < 1.29 is 13.6 Å². The van der Waals surface area contributed by atoms with Crippen LogP contribution in [0.5, 0.6) is 0 Å². The fourth-order valence-corrected chi connectivity index (χ4v) is 2.93. The quantitative estimate of drug-likeness (QED) is 0.580. The first-order chi connectivity index (χ1) is 11.0. The van der Waals surface area contributed by atoms with Crippen LogP contribution in [0, 0.1) is 11.6 Å². The zero-order valence-corrected chi connectivity index (χ0v) is 13.8. The van der Waals surface area contributed by atoms with Crippen molar-refractivity contribution in [3.8, 4) is 16.9 Å². The van der Waals surface area contributed by atoms with E-state index < -0.39 is 11.6 Å². The van der Waals surface area contributed by atoms with Crippen molar-refractivity contribution in [2.75, 3.05) is 0 Å². The van der Waals surface area contributed by atoms with Gasteiger partial charge >= 0.3 is 0 Å². The van der Waals surface area contributed by atoms with Gasteiger partial charge in [0, 0.05) is 10.6 Å². The minimum Gasteiger partial charge on any atom is -0.298 e. The van der Waals surface area contributed by atoms with E-state index in [1.54, 1.807) is 24.3 Å². The molecule has 2 aromatic carbocycles. The third-order valence-corrected chi connectivity index (χ3v) is 4.24. The van der Waals surface area contributed by atoms with Crippen LogP contribution in [0.4, 0.5) is 8.78 Å². The minimum absolute atomic E-state index is 0.0452. The molecule has 0 N–H and O–H groups in total. The maximum atomic E-state index is 14.0. The highest BCUT2D eigenvalue weighted by atomic mass is 79.9. The van der Waals surface area contributed by atoms with Crippen LogP contribution in [0.15, 0.2) is 47.1 Å². The Kier molecular flexibility index (Phi) is 4.28. The summed E-state index contributed by atoms with van der Waals surface area (Å²) in [6, 6.07) is 10.5. The molecule has 116 valence electrons. The van der Waals surface area contributed by atoms with Gasteiger partial charge in [-0.1, -0.05) is 23.7 Å². The molecule has 0 amide bonds. The van der Waals surface area contributed by atoms with Crippen LogP contribution in [0.1, 0.15) is 10.4 Å². The fraction of sp³-hybridized carbons (Fsp3) is 0. The first-order valence-corrected chi connectivity index (χ1v) is 7.64. The third-order valence-electron chi connectivity index (χ3n) is 3.24. The lowest BCUT2D eigenvalue weighted by molar-refractivity contribution is 0.112. The molecule has 1 aromatic heterocycles. The van der Waals surface area contributed by atoms with Gasteiger partial charge in [-0.05, 0) is 46.3 Å². The molecule has 0 atom stereocenters. The monoisotopic (exact) mass is 396 g/mol. The molecule has 0 aliphatic heterocycles. The van der Waals surface area contributed by atoms with Gasteiger partial charge in [0.2, 0.25) is 0 Å². The van der Waals surface area contributed by atoms with Gasteiger partial charge in [0.15, 0.2) is 17.9 Å². The van der Waals surface area contributed by atoms with E-state index in [1.165, 1.54) is 16.8 Å². The van der Waals surface area contributed by atoms with Crippen molar-refractivity contribution in [2.45, 2.75) is 0 Å². The Balaban J connectivity index is 2.25. The SMILES string of the molecule is O=Cc1c(-c2cccc(F)c2F)nn(-c2cccc(Cl)c2)c1Br. The maximum Gasteiger partial charge on any atom is 0.168 e. The van der Waals surface area contributed by atoms with E-state index in [0.717, 1.165) is 6.07 Å². The summed E-state index contributed by atoms with van der Waals surface area (Å²) in [6.07, 6.45) is 0.539. The highest BCUT2D eigenvalue weighted by Gasteiger charge is 2.21. The summed E-state index contributed by atoms with van der Waals surface area (Å²) in [7, 11) is 0. The van der Waals surface area contributed by atoms with E-state index in [9.17, 15) is 13.6 Å². The van der Waals surface area contributed by atoms with Crippen LogP contribution in [-0.4, -0.2) is 16.1 Å². The van der Waals surface area contributed by atoms with Crippen molar-refractivity contribution in [3.63, 3.8) is 0 Å². The highest BCUT2D eigenvalue weighted by Crippen LogP contribution is 2.32. The summed E-state index contributed by atoms with van der Waals surface area (Å²) >= 11 is 9.23. The van der Waals surface area contributed by atoms with Crippen LogP contribution in [-0.2, 0) is 0 Å². The van der Waals surface area contributed by atoms with E-state index in [-0.39, 0.29) is 16.8 Å². The summed E-state index contributed by atoms with van der Waals surface area (Å²) in [5, 5.41) is 4.72. The molecule has 0 bridgehead atoms. The first kappa shape index (κ1) is 15.8. The normalized spacial score (nSPS) is 10.8. The van der Waals surface area contributed by atoms with E-state index in [0.29, 0.717) is 21.6 Å². The average molecular weight is 398 g/mol. The molecule has 3 rings (SSSR count). The first-order valence-electron chi connectivity index (χ1n) is 6.47. The summed E-state index contributed by atoms with van der Waals surface area (Å²) in [5.41, 5.74) is 0.655. The van der Waals surface area contributed by atoms with Gasteiger partial charge in [-0.2, -0.15) is 5.10 Å². The van der Waals surface area contributed by atoms with Gasteiger partial charge in [0.25, 0.3) is 0 Å². The number of benzene rings is 2. The zero-order valence-electron chi connectivity index (χ0n) is 11.4. The maximum absolute atomic E-state index is 14.0. The lowest BCUT2D eigenvalue weighted by Gasteiger charge is -2.03. The van der Waals surface area contributed by atoms with Crippen molar-refractivity contribution in [2.24, 2.45) is 0 Å². The minimum atomic E-state index is -1.06. The number of hydrogen-bond donors (Lipinski definition) is 0. The van der Waals surface area contributed by atoms with E-state index in [4.69, 9.17) is 11.6 Å². The molecule has 1 heterocycles. The number of aldehydes is 1. The number of rotatable bonds is 3. The zero-order chi connectivity index (χ0) is 16.6. The molecule has 0 unspecified atom stereocenters. The number of aromatic nitrogens is 2. The molecule has 0 spiro atoms. The number of nitrogens with zero attached hydrogens (tertiary/aromatic N) is 2. The summed E-state index contributed by atoms with van der Waals surface area (Å²) in [4.78, 5) is 11.4. The molecule has 0 aliphatic rings. The molecule has 0 radical (unpaired) electrons. The van der Waals surface area contributed by atoms with Crippen LogP contribution in [0.3, 0.4) is 0 Å². The molecule has 0 fully saturated rings. The average Bonchev–Trinajstić information content (AvgIpc) is 2.86. The van der Waals surface area contributed by atoms with Crippen LogP contribution >= 0.6 is 27.5 Å². The molecule has 0 aliphatic carbocycles. The number of halogens is 4. The van der Waals surface area contributed by atoms with Crippen molar-refractivity contribution in [1.82, 2.24) is 9.78 Å². The Morgan fingerprint density at radius 2 is 1.91 bits per heavy atom. The van der Waals surface area contributed by atoms with Gasteiger partial charge in [0.1, 0.15) is 10.3 Å². The second-order valence-electron chi connectivity index (χ2n) is 4.66. The summed E-state index contributed by atoms with van der Waals surface area (Å²) in [5.74, 6) is -2.06. The highest BCUT2D eigenvalue weighted by molar-refractivity contribution is 9.10. The predicted molar refractivity (Wildman–Crippen MR) is 87.0 cm³/mol. The Morgan fingerprint density at radius 3 is 2.61 bits per heavy atom.